The Bertz CT molecular complexity index is 308. The zero-order valence-electron chi connectivity index (χ0n) is 7.66. The molecule has 1 aliphatic rings. The zero-order valence-corrected chi connectivity index (χ0v) is 7.66. The first kappa shape index (κ1) is 8.52. The van der Waals surface area contributed by atoms with Gasteiger partial charge in [-0.25, -0.2) is 0 Å². The number of allylic oxidation sites excluding steroid dienone is 2. The lowest BCUT2D eigenvalue weighted by Crippen LogP contribution is -1.84. The van der Waals surface area contributed by atoms with Crippen molar-refractivity contribution in [3.05, 3.63) is 41.5 Å². The maximum absolute atomic E-state index is 8.88. The Hall–Kier alpha value is -1.08. The topological polar surface area (TPSA) is 20.2 Å². The number of hydrogen-bond acceptors (Lipinski definition) is 1. The van der Waals surface area contributed by atoms with Gasteiger partial charge in [0.1, 0.15) is 0 Å². The second-order valence-corrected chi connectivity index (χ2v) is 3.48. The minimum atomic E-state index is 0.138. The van der Waals surface area contributed by atoms with Gasteiger partial charge in [0.05, 0.1) is 6.61 Å². The van der Waals surface area contributed by atoms with Crippen LogP contribution in [0, 0.1) is 0 Å². The lowest BCUT2D eigenvalue weighted by Gasteiger charge is -2.02. The van der Waals surface area contributed by atoms with E-state index in [-0.39, 0.29) is 6.61 Å². The van der Waals surface area contributed by atoms with Crippen molar-refractivity contribution in [3.63, 3.8) is 0 Å². The smallest absolute Gasteiger partial charge is 0.0681 e. The molecule has 1 nitrogen and oxygen atoms in total. The van der Waals surface area contributed by atoms with Gasteiger partial charge in [-0.2, -0.15) is 0 Å². The van der Waals surface area contributed by atoms with Crippen LogP contribution in [0.25, 0.3) is 5.57 Å². The van der Waals surface area contributed by atoms with Crippen molar-refractivity contribution in [2.75, 3.05) is 0 Å². The highest BCUT2D eigenvalue weighted by atomic mass is 16.3. The summed E-state index contributed by atoms with van der Waals surface area (Å²) in [7, 11) is 0. The summed E-state index contributed by atoms with van der Waals surface area (Å²) < 4.78 is 0. The Morgan fingerprint density at radius 1 is 1.15 bits per heavy atom. The molecular weight excluding hydrogens is 160 g/mol. The molecule has 0 radical (unpaired) electrons. The van der Waals surface area contributed by atoms with Gasteiger partial charge in [0.2, 0.25) is 0 Å². The molecule has 0 aromatic heterocycles. The molecule has 0 heterocycles. The molecule has 0 saturated carbocycles. The van der Waals surface area contributed by atoms with Crippen LogP contribution < -0.4 is 0 Å². The van der Waals surface area contributed by atoms with E-state index in [1.165, 1.54) is 30.4 Å². The molecule has 0 fully saturated rings. The fourth-order valence-electron chi connectivity index (χ4n) is 1.76. The monoisotopic (exact) mass is 174 g/mol. The van der Waals surface area contributed by atoms with Crippen LogP contribution in [0.15, 0.2) is 30.3 Å². The number of benzene rings is 1. The fourth-order valence-corrected chi connectivity index (χ4v) is 1.76. The fraction of sp³-hybridized carbons (Fsp3) is 0.333. The van der Waals surface area contributed by atoms with E-state index in [4.69, 9.17) is 5.11 Å². The molecular formula is C12H14O. The SMILES string of the molecule is OCc1ccc(C2=CCCC2)cc1. The highest BCUT2D eigenvalue weighted by Gasteiger charge is 2.06. The number of aliphatic hydroxyl groups excluding tert-OH is 1. The maximum Gasteiger partial charge on any atom is 0.0681 e. The molecule has 2 rings (SSSR count). The van der Waals surface area contributed by atoms with Crippen molar-refractivity contribution in [2.24, 2.45) is 0 Å². The van der Waals surface area contributed by atoms with Gasteiger partial charge >= 0.3 is 0 Å². The average Bonchev–Trinajstić information content (AvgIpc) is 2.71. The van der Waals surface area contributed by atoms with Crippen molar-refractivity contribution < 1.29 is 5.11 Å². The summed E-state index contributed by atoms with van der Waals surface area (Å²) in [5.41, 5.74) is 3.77. The Morgan fingerprint density at radius 3 is 2.46 bits per heavy atom. The van der Waals surface area contributed by atoms with Crippen LogP contribution in [0.1, 0.15) is 30.4 Å². The molecule has 1 aromatic rings. The minimum Gasteiger partial charge on any atom is -0.392 e. The summed E-state index contributed by atoms with van der Waals surface area (Å²) in [4.78, 5) is 0. The van der Waals surface area contributed by atoms with Gasteiger partial charge in [0.15, 0.2) is 0 Å². The van der Waals surface area contributed by atoms with E-state index in [9.17, 15) is 0 Å². The number of aliphatic hydroxyl groups is 1. The summed E-state index contributed by atoms with van der Waals surface area (Å²) in [6.07, 6.45) is 6.03. The van der Waals surface area contributed by atoms with E-state index in [1.54, 1.807) is 0 Å². The van der Waals surface area contributed by atoms with Crippen LogP contribution in [0.5, 0.6) is 0 Å². The first-order chi connectivity index (χ1) is 6.40. The lowest BCUT2D eigenvalue weighted by molar-refractivity contribution is 0.282. The van der Waals surface area contributed by atoms with E-state index in [0.29, 0.717) is 0 Å². The predicted molar refractivity (Wildman–Crippen MR) is 54.2 cm³/mol. The van der Waals surface area contributed by atoms with E-state index >= 15 is 0 Å². The van der Waals surface area contributed by atoms with E-state index in [0.717, 1.165) is 5.56 Å². The van der Waals surface area contributed by atoms with Gasteiger partial charge in [-0.1, -0.05) is 30.3 Å². The van der Waals surface area contributed by atoms with Gasteiger partial charge in [0.25, 0.3) is 0 Å². The first-order valence-corrected chi connectivity index (χ1v) is 4.79. The Kier molecular flexibility index (Phi) is 2.46. The second-order valence-electron chi connectivity index (χ2n) is 3.48. The van der Waals surface area contributed by atoms with Gasteiger partial charge in [-0.3, -0.25) is 0 Å². The van der Waals surface area contributed by atoms with Crippen LogP contribution >= 0.6 is 0 Å². The molecule has 0 unspecified atom stereocenters. The molecule has 0 atom stereocenters. The summed E-state index contributed by atoms with van der Waals surface area (Å²) in [6.45, 7) is 0.138. The van der Waals surface area contributed by atoms with Crippen molar-refractivity contribution in [2.45, 2.75) is 25.9 Å². The standard InChI is InChI=1S/C12H14O/c13-9-10-5-7-12(8-6-10)11-3-1-2-4-11/h3,5-8,13H,1-2,4,9H2. The molecule has 1 N–H and O–H groups in total. The molecule has 0 aliphatic heterocycles. The third-order valence-corrected chi connectivity index (χ3v) is 2.55. The van der Waals surface area contributed by atoms with E-state index in [1.807, 2.05) is 12.1 Å². The normalized spacial score (nSPS) is 15.9. The molecule has 0 amide bonds. The Labute approximate surface area is 78.7 Å². The van der Waals surface area contributed by atoms with Crippen LogP contribution in [-0.2, 0) is 6.61 Å². The molecule has 1 aromatic carbocycles. The van der Waals surface area contributed by atoms with Gasteiger partial charge in [-0.15, -0.1) is 0 Å². The largest absolute Gasteiger partial charge is 0.392 e. The van der Waals surface area contributed by atoms with Gasteiger partial charge in [0, 0.05) is 0 Å². The minimum absolute atomic E-state index is 0.138. The van der Waals surface area contributed by atoms with Crippen LogP contribution in [0.4, 0.5) is 0 Å². The van der Waals surface area contributed by atoms with Crippen molar-refractivity contribution in [1.29, 1.82) is 0 Å². The van der Waals surface area contributed by atoms with Crippen LogP contribution in [0.3, 0.4) is 0 Å². The van der Waals surface area contributed by atoms with E-state index in [2.05, 4.69) is 18.2 Å². The molecule has 68 valence electrons. The Balaban J connectivity index is 2.22. The third-order valence-electron chi connectivity index (χ3n) is 2.55. The molecule has 1 aliphatic carbocycles. The highest BCUT2D eigenvalue weighted by Crippen LogP contribution is 2.27. The van der Waals surface area contributed by atoms with Gasteiger partial charge < -0.3 is 5.11 Å². The number of hydrogen-bond donors (Lipinski definition) is 1. The summed E-state index contributed by atoms with van der Waals surface area (Å²) in [5.74, 6) is 0. The summed E-state index contributed by atoms with van der Waals surface area (Å²) in [6, 6.07) is 8.19. The highest BCUT2D eigenvalue weighted by molar-refractivity contribution is 5.67. The van der Waals surface area contributed by atoms with Gasteiger partial charge in [-0.05, 0) is 36.0 Å². The van der Waals surface area contributed by atoms with E-state index < -0.39 is 0 Å². The quantitative estimate of drug-likeness (QED) is 0.731. The lowest BCUT2D eigenvalue weighted by atomic mass is 10.0. The Morgan fingerprint density at radius 2 is 1.92 bits per heavy atom. The summed E-state index contributed by atoms with van der Waals surface area (Å²) >= 11 is 0. The van der Waals surface area contributed by atoms with Crippen LogP contribution in [0.2, 0.25) is 0 Å². The average molecular weight is 174 g/mol. The molecule has 13 heavy (non-hydrogen) atoms. The van der Waals surface area contributed by atoms with Crippen molar-refractivity contribution in [3.8, 4) is 0 Å². The molecule has 1 heteroatoms. The zero-order chi connectivity index (χ0) is 9.10. The number of rotatable bonds is 2. The molecule has 0 saturated heterocycles. The van der Waals surface area contributed by atoms with Crippen LogP contribution in [-0.4, -0.2) is 5.11 Å². The molecule has 0 bridgehead atoms. The summed E-state index contributed by atoms with van der Waals surface area (Å²) in [5, 5.41) is 8.88. The second kappa shape index (κ2) is 3.75. The van der Waals surface area contributed by atoms with Crippen molar-refractivity contribution in [1.82, 2.24) is 0 Å². The predicted octanol–water partition coefficient (Wildman–Crippen LogP) is 2.75. The first-order valence-electron chi connectivity index (χ1n) is 4.79. The third kappa shape index (κ3) is 1.81. The molecule has 0 spiro atoms. The maximum atomic E-state index is 8.88. The van der Waals surface area contributed by atoms with Crippen molar-refractivity contribution >= 4 is 5.57 Å².